The van der Waals surface area contributed by atoms with Crippen LogP contribution in [-0.4, -0.2) is 33.2 Å². The van der Waals surface area contributed by atoms with Gasteiger partial charge in [-0.1, -0.05) is 54.6 Å². The first-order valence-corrected chi connectivity index (χ1v) is 10.8. The van der Waals surface area contributed by atoms with E-state index in [9.17, 15) is 23.2 Å². The first kappa shape index (κ1) is 19.1. The van der Waals surface area contributed by atoms with E-state index in [-0.39, 0.29) is 27.2 Å². The Morgan fingerprint density at radius 1 is 0.839 bits per heavy atom. The smallest absolute Gasteiger partial charge is 0.295 e. The molecule has 1 aromatic heterocycles. The van der Waals surface area contributed by atoms with Gasteiger partial charge in [-0.25, -0.2) is 4.98 Å². The summed E-state index contributed by atoms with van der Waals surface area (Å²) in [6.45, 7) is 0. The van der Waals surface area contributed by atoms with Crippen LogP contribution in [0.1, 0.15) is 0 Å². The van der Waals surface area contributed by atoms with Gasteiger partial charge in [-0.15, -0.1) is 0 Å². The van der Waals surface area contributed by atoms with Crippen molar-refractivity contribution in [2.75, 3.05) is 0 Å². The lowest BCUT2D eigenvalue weighted by atomic mass is 10.0. The second-order valence-electron chi connectivity index (χ2n) is 7.10. The van der Waals surface area contributed by atoms with Crippen molar-refractivity contribution in [2.24, 2.45) is 0 Å². The fraction of sp³-hybridized carbons (Fsp3) is 0. The second kappa shape index (κ2) is 6.83. The molecule has 154 valence electrons. The van der Waals surface area contributed by atoms with Gasteiger partial charge in [0.05, 0.1) is 16.5 Å². The second-order valence-corrected chi connectivity index (χ2v) is 8.49. The standard InChI is InChI=1S/C23H16N2O5S/c26-18-11-5-9-15-19(31(28,29)30)12-17-21(20(15)18)25-23(24-17)16-10-4-8-14(22(16)27)13-6-2-1-3-7-13/h1-12,26-27H,(H,24,25)(H,28,29,30). The van der Waals surface area contributed by atoms with Crippen molar-refractivity contribution >= 4 is 31.9 Å². The molecule has 31 heavy (non-hydrogen) atoms. The SMILES string of the molecule is O=S(=O)(O)c1cc2[nH]c(-c3cccc(-c4ccccc4)c3O)nc2c2c(O)cccc12. The molecule has 0 aliphatic carbocycles. The number of aromatic nitrogens is 2. The molecule has 0 aliphatic heterocycles. The number of nitrogens with zero attached hydrogens (tertiary/aromatic N) is 1. The molecule has 0 unspecified atom stereocenters. The molecule has 0 bridgehead atoms. The third-order valence-corrected chi connectivity index (χ3v) is 6.10. The van der Waals surface area contributed by atoms with Crippen LogP contribution in [0, 0.1) is 0 Å². The van der Waals surface area contributed by atoms with Crippen LogP contribution in [0.5, 0.6) is 11.5 Å². The van der Waals surface area contributed by atoms with E-state index >= 15 is 0 Å². The lowest BCUT2D eigenvalue weighted by Gasteiger charge is -2.08. The molecule has 7 nitrogen and oxygen atoms in total. The zero-order valence-corrected chi connectivity index (χ0v) is 16.8. The molecule has 5 rings (SSSR count). The molecule has 4 aromatic carbocycles. The summed E-state index contributed by atoms with van der Waals surface area (Å²) in [5, 5.41) is 21.7. The maximum Gasteiger partial charge on any atom is 0.295 e. The molecule has 0 saturated heterocycles. The Labute approximate surface area is 177 Å². The molecule has 8 heteroatoms. The van der Waals surface area contributed by atoms with Gasteiger partial charge in [0.2, 0.25) is 0 Å². The molecule has 1 heterocycles. The summed E-state index contributed by atoms with van der Waals surface area (Å²) in [5.41, 5.74) is 2.47. The molecule has 0 spiro atoms. The van der Waals surface area contributed by atoms with Crippen molar-refractivity contribution in [1.29, 1.82) is 0 Å². The van der Waals surface area contributed by atoms with Gasteiger partial charge in [-0.3, -0.25) is 4.55 Å². The normalized spacial score (nSPS) is 11.9. The summed E-state index contributed by atoms with van der Waals surface area (Å²) >= 11 is 0. The Balaban J connectivity index is 1.80. The molecule has 0 atom stereocenters. The molecule has 0 fully saturated rings. The Kier molecular flexibility index (Phi) is 4.21. The van der Waals surface area contributed by atoms with Gasteiger partial charge in [0.25, 0.3) is 10.1 Å². The van der Waals surface area contributed by atoms with E-state index in [4.69, 9.17) is 0 Å². The highest BCUT2D eigenvalue weighted by atomic mass is 32.2. The summed E-state index contributed by atoms with van der Waals surface area (Å²) in [4.78, 5) is 7.20. The number of aromatic amines is 1. The third-order valence-electron chi connectivity index (χ3n) is 5.21. The summed E-state index contributed by atoms with van der Waals surface area (Å²) in [6.07, 6.45) is 0. The first-order valence-electron chi connectivity index (χ1n) is 9.34. The predicted octanol–water partition coefficient (Wildman–Crippen LogP) is 4.71. The van der Waals surface area contributed by atoms with Crippen LogP contribution < -0.4 is 0 Å². The van der Waals surface area contributed by atoms with Gasteiger partial charge < -0.3 is 15.2 Å². The summed E-state index contributed by atoms with van der Waals surface area (Å²) in [5.74, 6) is 0.131. The molecular formula is C23H16N2O5S. The van der Waals surface area contributed by atoms with E-state index in [0.29, 0.717) is 28.0 Å². The number of rotatable bonds is 3. The average molecular weight is 432 g/mol. The first-order chi connectivity index (χ1) is 14.8. The van der Waals surface area contributed by atoms with Crippen molar-refractivity contribution in [2.45, 2.75) is 4.90 Å². The summed E-state index contributed by atoms with van der Waals surface area (Å²) in [6, 6.07) is 20.3. The average Bonchev–Trinajstić information content (AvgIpc) is 3.17. The van der Waals surface area contributed by atoms with E-state index < -0.39 is 10.1 Å². The van der Waals surface area contributed by atoms with Gasteiger partial charge in [-0.05, 0) is 23.8 Å². The van der Waals surface area contributed by atoms with Crippen LogP contribution in [0.15, 0.2) is 77.7 Å². The highest BCUT2D eigenvalue weighted by Gasteiger charge is 2.22. The quantitative estimate of drug-likeness (QED) is 0.306. The maximum atomic E-state index is 11.9. The number of phenolic OH excluding ortho intramolecular Hbond substituents is 2. The van der Waals surface area contributed by atoms with E-state index in [1.54, 1.807) is 18.2 Å². The monoisotopic (exact) mass is 432 g/mol. The number of nitrogens with one attached hydrogen (secondary N) is 1. The van der Waals surface area contributed by atoms with Crippen LogP contribution >= 0.6 is 0 Å². The summed E-state index contributed by atoms with van der Waals surface area (Å²) in [7, 11) is -4.55. The Hall–Kier alpha value is -3.88. The van der Waals surface area contributed by atoms with Gasteiger partial charge in [0, 0.05) is 10.9 Å². The van der Waals surface area contributed by atoms with Crippen molar-refractivity contribution in [1.82, 2.24) is 9.97 Å². The Morgan fingerprint density at radius 2 is 1.55 bits per heavy atom. The topological polar surface area (TPSA) is 124 Å². The number of para-hydroxylation sites is 1. The molecule has 0 aliphatic rings. The number of H-pyrrole nitrogens is 1. The fourth-order valence-corrected chi connectivity index (χ4v) is 4.53. The van der Waals surface area contributed by atoms with Crippen LogP contribution in [0.2, 0.25) is 0 Å². The number of hydrogen-bond acceptors (Lipinski definition) is 5. The third kappa shape index (κ3) is 3.09. The molecular weight excluding hydrogens is 416 g/mol. The molecule has 4 N–H and O–H groups in total. The van der Waals surface area contributed by atoms with Crippen molar-refractivity contribution in [3.8, 4) is 34.0 Å². The van der Waals surface area contributed by atoms with Crippen LogP contribution in [0.4, 0.5) is 0 Å². The van der Waals surface area contributed by atoms with Gasteiger partial charge in [0.15, 0.2) is 0 Å². The molecule has 0 radical (unpaired) electrons. The maximum absolute atomic E-state index is 11.9. The molecule has 0 saturated carbocycles. The largest absolute Gasteiger partial charge is 0.507 e. The van der Waals surface area contributed by atoms with Gasteiger partial charge in [-0.2, -0.15) is 8.42 Å². The Bertz CT molecular complexity index is 1570. The number of benzene rings is 4. The minimum Gasteiger partial charge on any atom is -0.507 e. The van der Waals surface area contributed by atoms with E-state index in [1.165, 1.54) is 24.3 Å². The Morgan fingerprint density at radius 3 is 2.29 bits per heavy atom. The zero-order chi connectivity index (χ0) is 21.8. The molecule has 5 aromatic rings. The van der Waals surface area contributed by atoms with Crippen molar-refractivity contribution in [3.05, 3.63) is 72.8 Å². The predicted molar refractivity (Wildman–Crippen MR) is 118 cm³/mol. The number of phenols is 2. The highest BCUT2D eigenvalue weighted by Crippen LogP contribution is 2.40. The highest BCUT2D eigenvalue weighted by molar-refractivity contribution is 7.86. The number of hydrogen-bond donors (Lipinski definition) is 4. The van der Waals surface area contributed by atoms with E-state index in [0.717, 1.165) is 5.56 Å². The van der Waals surface area contributed by atoms with Gasteiger partial charge >= 0.3 is 0 Å². The fourth-order valence-electron chi connectivity index (χ4n) is 3.81. The minimum absolute atomic E-state index is 0.0105. The van der Waals surface area contributed by atoms with E-state index in [2.05, 4.69) is 9.97 Å². The van der Waals surface area contributed by atoms with Gasteiger partial charge in [0.1, 0.15) is 27.7 Å². The minimum atomic E-state index is -4.55. The van der Waals surface area contributed by atoms with Crippen molar-refractivity contribution < 1.29 is 23.2 Å². The summed E-state index contributed by atoms with van der Waals surface area (Å²) < 4.78 is 33.6. The number of imidazole rings is 1. The van der Waals surface area contributed by atoms with Crippen LogP contribution in [-0.2, 0) is 10.1 Å². The lowest BCUT2D eigenvalue weighted by Crippen LogP contribution is -1.99. The zero-order valence-electron chi connectivity index (χ0n) is 15.9. The molecule has 0 amide bonds. The van der Waals surface area contributed by atoms with Crippen LogP contribution in [0.25, 0.3) is 44.3 Å². The number of fused-ring (bicyclic) bond motifs is 3. The van der Waals surface area contributed by atoms with Crippen molar-refractivity contribution in [3.63, 3.8) is 0 Å². The lowest BCUT2D eigenvalue weighted by molar-refractivity contribution is 0.478. The van der Waals surface area contributed by atoms with Crippen LogP contribution in [0.3, 0.4) is 0 Å². The van der Waals surface area contributed by atoms with E-state index in [1.807, 2.05) is 30.3 Å². The number of aromatic hydroxyl groups is 2.